The van der Waals surface area contributed by atoms with E-state index >= 15 is 0 Å². The van der Waals surface area contributed by atoms with Crippen molar-refractivity contribution in [2.24, 2.45) is 5.10 Å². The van der Waals surface area contributed by atoms with Crippen LogP contribution in [0.3, 0.4) is 0 Å². The van der Waals surface area contributed by atoms with Gasteiger partial charge in [0.05, 0.1) is 33.2 Å². The molecule has 0 aliphatic rings. The van der Waals surface area contributed by atoms with Crippen LogP contribution in [0.5, 0.6) is 5.75 Å². The lowest BCUT2D eigenvalue weighted by atomic mass is 9.95. The molecule has 168 valence electrons. The molecule has 0 saturated carbocycles. The molecule has 0 N–H and O–H groups in total. The molecular weight excluding hydrogens is 500 g/mol. The van der Waals surface area contributed by atoms with Crippen molar-refractivity contribution in [3.05, 3.63) is 71.7 Å². The van der Waals surface area contributed by atoms with Crippen molar-refractivity contribution in [2.75, 3.05) is 0 Å². The Balaban J connectivity index is 2.19. The van der Waals surface area contributed by atoms with Crippen LogP contribution in [-0.4, -0.2) is 26.9 Å². The first-order valence-corrected chi connectivity index (χ1v) is 11.0. The molecule has 1 heterocycles. The number of nitrogens with zero attached hydrogens (tertiary/aromatic N) is 4. The molecule has 2 aromatic carbocycles. The van der Waals surface area contributed by atoms with Gasteiger partial charge in [0.25, 0.3) is 5.56 Å². The smallest absolute Gasteiger partial charge is 0.313 e. The summed E-state index contributed by atoms with van der Waals surface area (Å²) in [4.78, 5) is 28.9. The van der Waals surface area contributed by atoms with Crippen LogP contribution in [0.2, 0.25) is 5.02 Å². The average molecular weight is 522 g/mol. The number of benzene rings is 2. The molecule has 0 spiro atoms. The quantitative estimate of drug-likeness (QED) is 0.244. The molecular formula is C22H22BrClN4O4. The zero-order valence-electron chi connectivity index (χ0n) is 18.2. The van der Waals surface area contributed by atoms with E-state index in [1.165, 1.54) is 23.0 Å². The second-order valence-corrected chi connectivity index (χ2v) is 9.81. The van der Waals surface area contributed by atoms with Gasteiger partial charge in [-0.2, -0.15) is 9.78 Å². The Morgan fingerprint density at radius 3 is 2.56 bits per heavy atom. The molecule has 3 rings (SSSR count). The molecule has 0 amide bonds. The van der Waals surface area contributed by atoms with E-state index in [1.54, 1.807) is 26.0 Å². The number of halogens is 2. The molecule has 3 aromatic rings. The molecule has 0 aliphatic heterocycles. The number of aromatic nitrogens is 2. The van der Waals surface area contributed by atoms with Crippen molar-refractivity contribution in [1.82, 2.24) is 9.66 Å². The molecule has 10 heteroatoms. The van der Waals surface area contributed by atoms with Gasteiger partial charge in [0.15, 0.2) is 0 Å². The van der Waals surface area contributed by atoms with Gasteiger partial charge in [-0.3, -0.25) is 14.9 Å². The molecule has 32 heavy (non-hydrogen) atoms. The summed E-state index contributed by atoms with van der Waals surface area (Å²) in [5.74, 6) is 0.447. The standard InChI is InChI=1S/C22H22BrClN4O4/c1-12(2)32-19-16(24)8-13(9-18(19)28(30)31)11-25-27-20(29)15-10-14(23)6-7-17(15)26-21(27)22(3,4)5/h6-12H,1-5H3. The zero-order valence-corrected chi connectivity index (χ0v) is 20.6. The van der Waals surface area contributed by atoms with Crippen molar-refractivity contribution in [3.8, 4) is 5.75 Å². The third-order valence-electron chi connectivity index (χ3n) is 4.40. The number of hydrogen-bond acceptors (Lipinski definition) is 6. The SMILES string of the molecule is CC(C)Oc1c(Cl)cc(C=Nn2c(C(C)(C)C)nc3ccc(Br)cc3c2=O)cc1[N+](=O)[O-]. The molecule has 0 unspecified atom stereocenters. The predicted octanol–water partition coefficient (Wildman–Crippen LogP) is 5.69. The zero-order chi connectivity index (χ0) is 23.8. The summed E-state index contributed by atoms with van der Waals surface area (Å²) in [7, 11) is 0. The number of fused-ring (bicyclic) bond motifs is 1. The third kappa shape index (κ3) is 4.99. The maximum absolute atomic E-state index is 13.2. The summed E-state index contributed by atoms with van der Waals surface area (Å²) in [6, 6.07) is 8.07. The van der Waals surface area contributed by atoms with Gasteiger partial charge < -0.3 is 4.74 Å². The normalized spacial score (nSPS) is 12.1. The number of rotatable bonds is 5. The molecule has 0 saturated heterocycles. The van der Waals surface area contributed by atoms with E-state index in [4.69, 9.17) is 16.3 Å². The highest BCUT2D eigenvalue weighted by Crippen LogP contribution is 2.36. The first-order chi connectivity index (χ1) is 14.9. The summed E-state index contributed by atoms with van der Waals surface area (Å²) in [5, 5.41) is 16.4. The Morgan fingerprint density at radius 1 is 1.28 bits per heavy atom. The first kappa shape index (κ1) is 23.9. The minimum Gasteiger partial charge on any atom is -0.483 e. The van der Waals surface area contributed by atoms with Crippen LogP contribution in [0.4, 0.5) is 5.69 Å². The van der Waals surface area contributed by atoms with Crippen molar-refractivity contribution in [1.29, 1.82) is 0 Å². The highest BCUT2D eigenvalue weighted by molar-refractivity contribution is 9.10. The molecule has 0 fully saturated rings. The van der Waals surface area contributed by atoms with E-state index in [2.05, 4.69) is 26.0 Å². The lowest BCUT2D eigenvalue weighted by Gasteiger charge is -2.20. The number of ether oxygens (including phenoxy) is 1. The van der Waals surface area contributed by atoms with Crippen LogP contribution in [0.15, 0.2) is 44.7 Å². The second kappa shape index (κ2) is 8.99. The van der Waals surface area contributed by atoms with E-state index < -0.39 is 10.3 Å². The van der Waals surface area contributed by atoms with Crippen molar-refractivity contribution in [2.45, 2.75) is 46.1 Å². The van der Waals surface area contributed by atoms with Crippen molar-refractivity contribution < 1.29 is 9.66 Å². The molecule has 0 aliphatic carbocycles. The number of nitro benzene ring substituents is 1. The van der Waals surface area contributed by atoms with Gasteiger partial charge >= 0.3 is 5.69 Å². The fourth-order valence-electron chi connectivity index (χ4n) is 3.03. The maximum atomic E-state index is 13.2. The molecule has 0 radical (unpaired) electrons. The summed E-state index contributed by atoms with van der Waals surface area (Å²) in [6.07, 6.45) is 1.06. The van der Waals surface area contributed by atoms with Gasteiger partial charge in [-0.1, -0.05) is 48.3 Å². The Bertz CT molecular complexity index is 1300. The van der Waals surface area contributed by atoms with Crippen molar-refractivity contribution in [3.63, 3.8) is 0 Å². The lowest BCUT2D eigenvalue weighted by Crippen LogP contribution is -2.29. The van der Waals surface area contributed by atoms with Crippen LogP contribution in [0.25, 0.3) is 10.9 Å². The highest BCUT2D eigenvalue weighted by atomic mass is 79.9. The third-order valence-corrected chi connectivity index (χ3v) is 5.17. The predicted molar refractivity (Wildman–Crippen MR) is 129 cm³/mol. The minimum atomic E-state index is -0.567. The Labute approximate surface area is 198 Å². The monoisotopic (exact) mass is 520 g/mol. The van der Waals surface area contributed by atoms with Crippen molar-refractivity contribution >= 4 is 50.3 Å². The van der Waals surface area contributed by atoms with Gasteiger partial charge in [0.2, 0.25) is 5.75 Å². The molecule has 8 nitrogen and oxygen atoms in total. The minimum absolute atomic E-state index is 0.00594. The Hall–Kier alpha value is -2.78. The fraction of sp³-hybridized carbons (Fsp3) is 0.318. The van der Waals surface area contributed by atoms with Gasteiger partial charge in [0, 0.05) is 21.5 Å². The number of hydrogen-bond donors (Lipinski definition) is 0. The summed E-state index contributed by atoms with van der Waals surface area (Å²) >= 11 is 9.63. The van der Waals surface area contributed by atoms with Gasteiger partial charge in [-0.25, -0.2) is 4.98 Å². The van der Waals surface area contributed by atoms with E-state index in [-0.39, 0.29) is 28.1 Å². The van der Waals surface area contributed by atoms with E-state index in [9.17, 15) is 14.9 Å². The van der Waals surface area contributed by atoms with E-state index in [1.807, 2.05) is 26.8 Å². The molecule has 1 aromatic heterocycles. The van der Waals surface area contributed by atoms with Gasteiger partial charge in [-0.15, -0.1) is 0 Å². The largest absolute Gasteiger partial charge is 0.483 e. The van der Waals surface area contributed by atoms with Crippen LogP contribution < -0.4 is 10.3 Å². The van der Waals surface area contributed by atoms with Crippen LogP contribution in [0.1, 0.15) is 46.0 Å². The number of nitro groups is 1. The van der Waals surface area contributed by atoms with Crippen LogP contribution in [0, 0.1) is 10.1 Å². The Kier molecular flexibility index (Phi) is 6.71. The topological polar surface area (TPSA) is 99.6 Å². The summed E-state index contributed by atoms with van der Waals surface area (Å²) in [6.45, 7) is 9.27. The maximum Gasteiger partial charge on any atom is 0.313 e. The summed E-state index contributed by atoms with van der Waals surface area (Å²) in [5.41, 5.74) is -0.215. The highest BCUT2D eigenvalue weighted by Gasteiger charge is 2.24. The second-order valence-electron chi connectivity index (χ2n) is 8.48. The molecule has 0 atom stereocenters. The lowest BCUT2D eigenvalue weighted by molar-refractivity contribution is -0.386. The first-order valence-electron chi connectivity index (χ1n) is 9.80. The summed E-state index contributed by atoms with van der Waals surface area (Å²) < 4.78 is 7.47. The van der Waals surface area contributed by atoms with Gasteiger partial charge in [0.1, 0.15) is 5.82 Å². The van der Waals surface area contributed by atoms with E-state index in [0.29, 0.717) is 22.3 Å². The van der Waals surface area contributed by atoms with Gasteiger partial charge in [-0.05, 0) is 38.1 Å². The average Bonchev–Trinajstić information content (AvgIpc) is 2.68. The van der Waals surface area contributed by atoms with E-state index in [0.717, 1.165) is 4.47 Å². The fourth-order valence-corrected chi connectivity index (χ4v) is 3.66. The van der Waals surface area contributed by atoms with Crippen LogP contribution in [-0.2, 0) is 5.41 Å². The van der Waals surface area contributed by atoms with Crippen LogP contribution >= 0.6 is 27.5 Å². The Morgan fingerprint density at radius 2 is 1.97 bits per heavy atom. The molecule has 0 bridgehead atoms.